The number of rotatable bonds is 3. The first kappa shape index (κ1) is 17.2. The van der Waals surface area contributed by atoms with E-state index < -0.39 is 12.0 Å². The number of carboxylic acids is 1. The molecule has 0 aromatic carbocycles. The number of pyridine rings is 1. The number of hydrogen-bond donors (Lipinski definition) is 1. The van der Waals surface area contributed by atoms with Crippen LogP contribution in [-0.2, 0) is 11.2 Å². The van der Waals surface area contributed by atoms with Crippen LogP contribution in [0, 0.1) is 0 Å². The van der Waals surface area contributed by atoms with Gasteiger partial charge < -0.3 is 5.11 Å². The van der Waals surface area contributed by atoms with Crippen LogP contribution in [0.4, 0.5) is 0 Å². The molecule has 4 rings (SSSR count). The van der Waals surface area contributed by atoms with Gasteiger partial charge in [0.15, 0.2) is 0 Å². The lowest BCUT2D eigenvalue weighted by molar-refractivity contribution is -0.140. The number of tetrazole rings is 1. The summed E-state index contributed by atoms with van der Waals surface area (Å²) < 4.78 is 3.67. The minimum absolute atomic E-state index is 0.247. The molecule has 0 amide bonds. The summed E-state index contributed by atoms with van der Waals surface area (Å²) in [6.07, 6.45) is 7.89. The molecule has 2 unspecified atom stereocenters. The maximum absolute atomic E-state index is 12.7. The van der Waals surface area contributed by atoms with Crippen molar-refractivity contribution >= 4 is 33.5 Å². The van der Waals surface area contributed by atoms with Crippen LogP contribution >= 0.6 is 27.5 Å². The Bertz CT molecular complexity index is 998. The molecule has 0 bridgehead atoms. The minimum Gasteiger partial charge on any atom is -0.480 e. The van der Waals surface area contributed by atoms with E-state index in [4.69, 9.17) is 11.6 Å². The summed E-state index contributed by atoms with van der Waals surface area (Å²) in [5.74, 6) is -1.27. The third-order valence-corrected chi connectivity index (χ3v) is 5.92. The van der Waals surface area contributed by atoms with Crippen molar-refractivity contribution in [2.75, 3.05) is 0 Å². The molecule has 10 heteroatoms. The van der Waals surface area contributed by atoms with Crippen molar-refractivity contribution in [3.63, 3.8) is 0 Å². The molecule has 1 aliphatic heterocycles. The number of fused-ring (bicyclic) bond motifs is 1. The zero-order valence-electron chi connectivity index (χ0n) is 13.3. The Kier molecular flexibility index (Phi) is 4.28. The van der Waals surface area contributed by atoms with Crippen LogP contribution in [0.15, 0.2) is 44.9 Å². The molecule has 2 aromatic rings. The summed E-state index contributed by atoms with van der Waals surface area (Å²) in [5.41, 5.74) is 1.09. The number of allylic oxidation sites excluding steroid dienone is 4. The molecule has 134 valence electrons. The predicted molar refractivity (Wildman–Crippen MR) is 96.1 cm³/mol. The van der Waals surface area contributed by atoms with Gasteiger partial charge in [0.1, 0.15) is 12.4 Å². The number of nitrogens with zero attached hydrogens (tertiary/aromatic N) is 5. The van der Waals surface area contributed by atoms with E-state index >= 15 is 0 Å². The average molecular weight is 439 g/mol. The normalized spacial score (nSPS) is 24.4. The zero-order valence-corrected chi connectivity index (χ0v) is 15.6. The Morgan fingerprint density at radius 2 is 2.23 bits per heavy atom. The molecule has 3 heterocycles. The van der Waals surface area contributed by atoms with Gasteiger partial charge in [0, 0.05) is 27.2 Å². The van der Waals surface area contributed by atoms with Crippen LogP contribution in [0.5, 0.6) is 0 Å². The molecule has 1 aliphatic carbocycles. The van der Waals surface area contributed by atoms with Gasteiger partial charge in [0.05, 0.1) is 6.04 Å². The van der Waals surface area contributed by atoms with E-state index in [1.807, 2.05) is 12.2 Å². The largest absolute Gasteiger partial charge is 0.480 e. The molecule has 0 saturated heterocycles. The van der Waals surface area contributed by atoms with Crippen LogP contribution < -0.4 is 5.56 Å². The third-order valence-electron chi connectivity index (χ3n) is 4.75. The van der Waals surface area contributed by atoms with Gasteiger partial charge in [-0.1, -0.05) is 23.8 Å². The van der Waals surface area contributed by atoms with E-state index in [0.29, 0.717) is 23.6 Å². The average Bonchev–Trinajstić information content (AvgIpc) is 3.27. The topological polar surface area (TPSA) is 103 Å². The van der Waals surface area contributed by atoms with Crippen LogP contribution in [-0.4, -0.2) is 35.9 Å². The maximum atomic E-state index is 12.7. The van der Waals surface area contributed by atoms with Crippen molar-refractivity contribution in [1.82, 2.24) is 24.8 Å². The Morgan fingerprint density at radius 1 is 1.42 bits per heavy atom. The molecule has 0 radical (unpaired) electrons. The van der Waals surface area contributed by atoms with Crippen LogP contribution in [0.3, 0.4) is 0 Å². The summed E-state index contributed by atoms with van der Waals surface area (Å²) in [6.45, 7) is 0. The SMILES string of the molecule is O=C(O)[C@@H]1CCc2c(Br)c(C3C=C(Cl)C=CC3n3cnnn3)cc(=O)n21. The number of hydrogen-bond acceptors (Lipinski definition) is 5. The number of carbonyl (C=O) groups is 1. The second-order valence-corrected chi connectivity index (χ2v) is 7.41. The Labute approximate surface area is 160 Å². The smallest absolute Gasteiger partial charge is 0.326 e. The van der Waals surface area contributed by atoms with E-state index in [1.165, 1.54) is 17.0 Å². The third kappa shape index (κ3) is 2.71. The molecule has 0 spiro atoms. The predicted octanol–water partition coefficient (Wildman–Crippen LogP) is 2.19. The summed E-state index contributed by atoms with van der Waals surface area (Å²) in [4.78, 5) is 24.1. The molecule has 8 nitrogen and oxygen atoms in total. The fourth-order valence-electron chi connectivity index (χ4n) is 3.59. The van der Waals surface area contributed by atoms with Crippen molar-refractivity contribution in [3.8, 4) is 0 Å². The molecule has 3 atom stereocenters. The van der Waals surface area contributed by atoms with Crippen molar-refractivity contribution in [1.29, 1.82) is 0 Å². The van der Waals surface area contributed by atoms with Crippen LogP contribution in [0.25, 0.3) is 0 Å². The van der Waals surface area contributed by atoms with E-state index in [0.717, 1.165) is 10.0 Å². The van der Waals surface area contributed by atoms with Gasteiger partial charge in [-0.2, -0.15) is 0 Å². The van der Waals surface area contributed by atoms with Crippen molar-refractivity contribution in [2.45, 2.75) is 30.8 Å². The first-order chi connectivity index (χ1) is 12.5. The maximum Gasteiger partial charge on any atom is 0.326 e. The summed E-state index contributed by atoms with van der Waals surface area (Å²) >= 11 is 9.78. The van der Waals surface area contributed by atoms with Gasteiger partial charge in [0.2, 0.25) is 0 Å². The molecule has 2 aliphatic rings. The lowest BCUT2D eigenvalue weighted by Crippen LogP contribution is -2.29. The van der Waals surface area contributed by atoms with Gasteiger partial charge in [-0.05, 0) is 50.8 Å². The van der Waals surface area contributed by atoms with Gasteiger partial charge in [-0.25, -0.2) is 9.48 Å². The monoisotopic (exact) mass is 437 g/mol. The highest BCUT2D eigenvalue weighted by atomic mass is 79.9. The first-order valence-electron chi connectivity index (χ1n) is 7.92. The Hall–Kier alpha value is -2.26. The number of aromatic nitrogens is 5. The fourth-order valence-corrected chi connectivity index (χ4v) is 4.57. The van der Waals surface area contributed by atoms with E-state index in [9.17, 15) is 14.7 Å². The van der Waals surface area contributed by atoms with Crippen molar-refractivity contribution in [2.24, 2.45) is 0 Å². The van der Waals surface area contributed by atoms with Gasteiger partial charge in [0.25, 0.3) is 5.56 Å². The Balaban J connectivity index is 1.85. The molecule has 0 saturated carbocycles. The van der Waals surface area contributed by atoms with Gasteiger partial charge in [-0.15, -0.1) is 5.10 Å². The summed E-state index contributed by atoms with van der Waals surface area (Å²) in [6, 6.07) is 0.392. The lowest BCUT2D eigenvalue weighted by Gasteiger charge is -2.26. The second kappa shape index (κ2) is 6.48. The molecule has 1 N–H and O–H groups in total. The van der Waals surface area contributed by atoms with E-state index in [-0.39, 0.29) is 17.5 Å². The highest BCUT2D eigenvalue weighted by Gasteiger charge is 2.34. The lowest BCUT2D eigenvalue weighted by atomic mass is 9.88. The molecule has 0 fully saturated rings. The molecule has 2 aromatic heterocycles. The fraction of sp³-hybridized carbons (Fsp3) is 0.312. The Morgan fingerprint density at radius 3 is 2.92 bits per heavy atom. The summed E-state index contributed by atoms with van der Waals surface area (Å²) in [5, 5.41) is 21.2. The van der Waals surface area contributed by atoms with Crippen molar-refractivity contribution < 1.29 is 9.90 Å². The second-order valence-electron chi connectivity index (χ2n) is 6.18. The van der Waals surface area contributed by atoms with Gasteiger partial charge in [-0.3, -0.25) is 9.36 Å². The quantitative estimate of drug-likeness (QED) is 0.788. The van der Waals surface area contributed by atoms with Crippen LogP contribution in [0.2, 0.25) is 0 Å². The van der Waals surface area contributed by atoms with Crippen molar-refractivity contribution in [3.05, 3.63) is 61.7 Å². The van der Waals surface area contributed by atoms with Crippen LogP contribution in [0.1, 0.15) is 35.7 Å². The highest BCUT2D eigenvalue weighted by Crippen LogP contribution is 2.41. The highest BCUT2D eigenvalue weighted by molar-refractivity contribution is 9.10. The molecular weight excluding hydrogens is 426 g/mol. The molecule has 26 heavy (non-hydrogen) atoms. The van der Waals surface area contributed by atoms with E-state index in [1.54, 1.807) is 10.8 Å². The standard InChI is InChI=1S/C16H13BrClN5O3/c17-15-10(6-14(24)23-12(15)3-4-13(23)16(25)26)9-5-8(18)1-2-11(9)22-7-19-20-21-22/h1-2,5-7,9,11,13H,3-4H2,(H,25,26)/t9?,11?,13-/m0/s1. The van der Waals surface area contributed by atoms with Gasteiger partial charge >= 0.3 is 5.97 Å². The molecular formula is C16H13BrClN5O3. The zero-order chi connectivity index (χ0) is 18.4. The number of carboxylic acid groups (broad SMARTS) is 1. The first-order valence-corrected chi connectivity index (χ1v) is 9.09. The number of halogens is 2. The number of aliphatic carboxylic acids is 1. The minimum atomic E-state index is -0.999. The summed E-state index contributed by atoms with van der Waals surface area (Å²) in [7, 11) is 0. The van der Waals surface area contributed by atoms with E-state index in [2.05, 4.69) is 31.5 Å².